The summed E-state index contributed by atoms with van der Waals surface area (Å²) in [5, 5.41) is 16.4. The third-order valence-electron chi connectivity index (χ3n) is 5.76. The molecule has 0 saturated heterocycles. The van der Waals surface area contributed by atoms with E-state index in [0.29, 0.717) is 5.01 Å². The number of thiazole rings is 1. The molecule has 182 valence electrons. The average molecular weight is 496 g/mol. The summed E-state index contributed by atoms with van der Waals surface area (Å²) in [4.78, 5) is 39.7. The lowest BCUT2D eigenvalue weighted by Crippen LogP contribution is -2.31. The van der Waals surface area contributed by atoms with Crippen molar-refractivity contribution >= 4 is 29.3 Å². The molecule has 10 heteroatoms. The zero-order valence-electron chi connectivity index (χ0n) is 19.0. The van der Waals surface area contributed by atoms with E-state index < -0.39 is 24.1 Å². The number of alkyl carbamates (subject to hydrolysis) is 1. The number of carbonyl (C=O) groups excluding carboxylic acids is 2. The number of fused-ring (bicyclic) bond motifs is 3. The summed E-state index contributed by atoms with van der Waals surface area (Å²) in [6.45, 7) is 0.470. The summed E-state index contributed by atoms with van der Waals surface area (Å²) in [6, 6.07) is 16.2. The second-order valence-electron chi connectivity index (χ2n) is 7.91. The second-order valence-corrected chi connectivity index (χ2v) is 8.86. The molecule has 2 aromatic carbocycles. The molecule has 0 fully saturated rings. The van der Waals surface area contributed by atoms with Crippen LogP contribution in [0.5, 0.6) is 0 Å². The van der Waals surface area contributed by atoms with Gasteiger partial charge in [-0.15, -0.1) is 11.3 Å². The smallest absolute Gasteiger partial charge is 0.407 e. The Balaban J connectivity index is 1.25. The maximum atomic E-state index is 12.3. The molecule has 1 unspecified atom stereocenters. The van der Waals surface area contributed by atoms with Crippen LogP contribution in [0.1, 0.15) is 39.0 Å². The van der Waals surface area contributed by atoms with E-state index >= 15 is 0 Å². The van der Waals surface area contributed by atoms with Crippen LogP contribution < -0.4 is 10.6 Å². The first kappa shape index (κ1) is 24.4. The van der Waals surface area contributed by atoms with Gasteiger partial charge in [0.25, 0.3) is 5.91 Å². The number of hydrogen-bond acceptors (Lipinski definition) is 7. The van der Waals surface area contributed by atoms with Crippen molar-refractivity contribution in [3.63, 3.8) is 0 Å². The maximum Gasteiger partial charge on any atom is 0.407 e. The molecule has 1 aliphatic rings. The Morgan fingerprint density at radius 3 is 2.34 bits per heavy atom. The summed E-state index contributed by atoms with van der Waals surface area (Å²) in [5.74, 6) is -1.53. The first-order valence-electron chi connectivity index (χ1n) is 11.0. The van der Waals surface area contributed by atoms with Gasteiger partial charge in [-0.3, -0.25) is 4.79 Å². The molecule has 0 aliphatic heterocycles. The molecule has 1 aromatic heterocycles. The van der Waals surface area contributed by atoms with Crippen LogP contribution in [0.3, 0.4) is 0 Å². The van der Waals surface area contributed by atoms with E-state index in [1.54, 1.807) is 5.38 Å². The highest BCUT2D eigenvalue weighted by Gasteiger charge is 2.29. The van der Waals surface area contributed by atoms with Crippen molar-refractivity contribution in [3.05, 3.63) is 75.7 Å². The number of carboxylic acids is 1. The van der Waals surface area contributed by atoms with Gasteiger partial charge in [0, 0.05) is 31.4 Å². The summed E-state index contributed by atoms with van der Waals surface area (Å²) in [6.07, 6.45) is -1.41. The van der Waals surface area contributed by atoms with Gasteiger partial charge in [-0.1, -0.05) is 48.5 Å². The van der Waals surface area contributed by atoms with E-state index in [0.717, 1.165) is 22.3 Å². The Morgan fingerprint density at radius 2 is 1.71 bits per heavy atom. The minimum Gasteiger partial charge on any atom is -0.479 e. The van der Waals surface area contributed by atoms with Crippen molar-refractivity contribution in [1.82, 2.24) is 15.6 Å². The van der Waals surface area contributed by atoms with Crippen LogP contribution in [-0.2, 0) is 20.8 Å². The standard InChI is InChI=1S/C25H25N3O6S/c1-33-21(24(30)31)10-11-26-23(29)20-14-35-22(28-20)12-27-25(32)34-13-19-17-8-4-2-6-15(17)16-7-3-5-9-18(16)19/h2-9,14,19,21H,10-13H2,1H3,(H,26,29)(H,27,32)(H,30,31). The number of nitrogens with one attached hydrogen (secondary N) is 2. The van der Waals surface area contributed by atoms with Gasteiger partial charge in [0.15, 0.2) is 6.10 Å². The monoisotopic (exact) mass is 495 g/mol. The van der Waals surface area contributed by atoms with E-state index in [4.69, 9.17) is 14.6 Å². The highest BCUT2D eigenvalue weighted by Crippen LogP contribution is 2.44. The third kappa shape index (κ3) is 5.67. The lowest BCUT2D eigenvalue weighted by Gasteiger charge is -2.14. The quantitative estimate of drug-likeness (QED) is 0.393. The number of rotatable bonds is 10. The van der Waals surface area contributed by atoms with E-state index in [2.05, 4.69) is 39.9 Å². The van der Waals surface area contributed by atoms with Crippen LogP contribution in [0.15, 0.2) is 53.9 Å². The van der Waals surface area contributed by atoms with Crippen LogP contribution in [0.4, 0.5) is 4.79 Å². The molecular weight excluding hydrogens is 470 g/mol. The van der Waals surface area contributed by atoms with E-state index in [1.165, 1.54) is 18.4 Å². The molecule has 1 heterocycles. The molecule has 35 heavy (non-hydrogen) atoms. The number of carboxylic acid groups (broad SMARTS) is 1. The Bertz CT molecular complexity index is 1180. The zero-order chi connectivity index (χ0) is 24.8. The van der Waals surface area contributed by atoms with Crippen molar-refractivity contribution in [1.29, 1.82) is 0 Å². The highest BCUT2D eigenvalue weighted by atomic mass is 32.1. The Kier molecular flexibility index (Phi) is 7.74. The second kappa shape index (κ2) is 11.1. The minimum atomic E-state index is -1.09. The number of amides is 2. The molecule has 1 atom stereocenters. The number of hydrogen-bond donors (Lipinski definition) is 3. The fourth-order valence-corrected chi connectivity index (χ4v) is 4.76. The SMILES string of the molecule is COC(CCNC(=O)c1csc(CNC(=O)OCC2c3ccccc3-c3ccccc32)n1)C(=O)O. The van der Waals surface area contributed by atoms with Crippen molar-refractivity contribution < 1.29 is 29.0 Å². The predicted octanol–water partition coefficient (Wildman–Crippen LogP) is 3.40. The predicted molar refractivity (Wildman–Crippen MR) is 129 cm³/mol. The Hall–Kier alpha value is -3.76. The topological polar surface area (TPSA) is 127 Å². The molecule has 9 nitrogen and oxygen atoms in total. The molecule has 0 spiro atoms. The van der Waals surface area contributed by atoms with Gasteiger partial charge >= 0.3 is 12.1 Å². The Labute approximate surface area is 206 Å². The first-order chi connectivity index (χ1) is 17.0. The summed E-state index contributed by atoms with van der Waals surface area (Å²) < 4.78 is 10.3. The summed E-state index contributed by atoms with van der Waals surface area (Å²) >= 11 is 1.23. The van der Waals surface area contributed by atoms with Gasteiger partial charge in [-0.25, -0.2) is 14.6 Å². The summed E-state index contributed by atoms with van der Waals surface area (Å²) in [7, 11) is 1.30. The Morgan fingerprint density at radius 1 is 1.06 bits per heavy atom. The number of methoxy groups -OCH3 is 1. The van der Waals surface area contributed by atoms with Crippen molar-refractivity contribution in [2.24, 2.45) is 0 Å². The van der Waals surface area contributed by atoms with Crippen molar-refractivity contribution in [2.45, 2.75) is 25.0 Å². The van der Waals surface area contributed by atoms with Gasteiger partial charge < -0.3 is 25.2 Å². The van der Waals surface area contributed by atoms with Crippen molar-refractivity contribution in [3.8, 4) is 11.1 Å². The fourth-order valence-electron chi connectivity index (χ4n) is 4.04. The van der Waals surface area contributed by atoms with Gasteiger partial charge in [0.05, 0.1) is 6.54 Å². The average Bonchev–Trinajstić information content (AvgIpc) is 3.47. The van der Waals surface area contributed by atoms with E-state index in [1.807, 2.05) is 24.3 Å². The number of ether oxygens (including phenoxy) is 2. The molecular formula is C25H25N3O6S. The van der Waals surface area contributed by atoms with Gasteiger partial charge in [0.1, 0.15) is 17.3 Å². The molecule has 1 aliphatic carbocycles. The highest BCUT2D eigenvalue weighted by molar-refractivity contribution is 7.09. The fraction of sp³-hybridized carbons (Fsp3) is 0.280. The number of benzene rings is 2. The van der Waals surface area contributed by atoms with Gasteiger partial charge in [0.2, 0.25) is 0 Å². The van der Waals surface area contributed by atoms with Gasteiger partial charge in [-0.2, -0.15) is 0 Å². The molecule has 0 bridgehead atoms. The molecule has 3 aromatic rings. The first-order valence-corrected chi connectivity index (χ1v) is 11.9. The molecule has 4 rings (SSSR count). The molecule has 3 N–H and O–H groups in total. The normalized spacial score (nSPS) is 12.9. The zero-order valence-corrected chi connectivity index (χ0v) is 19.8. The van der Waals surface area contributed by atoms with Crippen LogP contribution in [0.25, 0.3) is 11.1 Å². The number of carbonyl (C=O) groups is 3. The molecule has 2 amide bonds. The van der Waals surface area contributed by atoms with Crippen LogP contribution >= 0.6 is 11.3 Å². The van der Waals surface area contributed by atoms with Crippen molar-refractivity contribution in [2.75, 3.05) is 20.3 Å². The third-order valence-corrected chi connectivity index (χ3v) is 6.61. The molecule has 0 saturated carbocycles. The maximum absolute atomic E-state index is 12.3. The van der Waals surface area contributed by atoms with E-state index in [9.17, 15) is 14.4 Å². The van der Waals surface area contributed by atoms with E-state index in [-0.39, 0.29) is 37.7 Å². The lowest BCUT2D eigenvalue weighted by atomic mass is 9.98. The number of nitrogens with zero attached hydrogens (tertiary/aromatic N) is 1. The lowest BCUT2D eigenvalue weighted by molar-refractivity contribution is -0.148. The number of aliphatic carboxylic acids is 1. The number of aromatic nitrogens is 1. The minimum absolute atomic E-state index is 0.0258. The van der Waals surface area contributed by atoms with Crippen LogP contribution in [-0.4, -0.2) is 54.4 Å². The molecule has 0 radical (unpaired) electrons. The van der Waals surface area contributed by atoms with Crippen LogP contribution in [0.2, 0.25) is 0 Å². The largest absolute Gasteiger partial charge is 0.479 e. The summed E-state index contributed by atoms with van der Waals surface area (Å²) in [5.41, 5.74) is 4.79. The van der Waals surface area contributed by atoms with Crippen LogP contribution in [0, 0.1) is 0 Å². The van der Waals surface area contributed by atoms with Gasteiger partial charge in [-0.05, 0) is 22.3 Å².